The number of hydrogen-bond donors (Lipinski definition) is 0. The van der Waals surface area contributed by atoms with Crippen LogP contribution in [0.25, 0.3) is 0 Å². The van der Waals surface area contributed by atoms with Gasteiger partial charge >= 0.3 is 17.9 Å². The second-order valence-corrected chi connectivity index (χ2v) is 3.17. The van der Waals surface area contributed by atoms with Gasteiger partial charge in [-0.15, -0.1) is 0 Å². The molecule has 0 N–H and O–H groups in total. The Hall–Kier alpha value is -2.11. The minimum atomic E-state index is -1.34. The summed E-state index contributed by atoms with van der Waals surface area (Å²) in [6.45, 7) is 6.63. The smallest absolute Gasteiger partial charge is 0.321 e. The summed E-state index contributed by atoms with van der Waals surface area (Å²) in [6, 6.07) is 0. The van der Waals surface area contributed by atoms with Gasteiger partial charge in [0, 0.05) is 0 Å². The maximum Gasteiger partial charge on any atom is 0.321 e. The molecule has 0 aromatic rings. The van der Waals surface area contributed by atoms with Gasteiger partial charge in [-0.05, 0) is 0 Å². The Kier molecular flexibility index (Phi) is 7.92. The Labute approximate surface area is 105 Å². The minimum absolute atomic E-state index is 0.0504. The van der Waals surface area contributed by atoms with Gasteiger partial charge in [0.15, 0.2) is 5.92 Å². The third-order valence-corrected chi connectivity index (χ3v) is 1.85. The van der Waals surface area contributed by atoms with Crippen LogP contribution in [0.15, 0.2) is 25.3 Å². The summed E-state index contributed by atoms with van der Waals surface area (Å²) in [6.07, 6.45) is 2.27. The van der Waals surface area contributed by atoms with Crippen LogP contribution in [0.1, 0.15) is 6.42 Å². The van der Waals surface area contributed by atoms with E-state index in [0.29, 0.717) is 0 Å². The lowest BCUT2D eigenvalue weighted by Crippen LogP contribution is -2.30. The Morgan fingerprint density at radius 2 is 1.50 bits per heavy atom. The molecule has 0 saturated carbocycles. The van der Waals surface area contributed by atoms with Crippen molar-refractivity contribution >= 4 is 17.9 Å². The zero-order valence-electron chi connectivity index (χ0n) is 10.2. The first-order valence-electron chi connectivity index (χ1n) is 5.18. The molecule has 6 nitrogen and oxygen atoms in total. The molecule has 0 aliphatic rings. The molecule has 0 unspecified atom stereocenters. The van der Waals surface area contributed by atoms with Crippen LogP contribution in [-0.2, 0) is 28.6 Å². The van der Waals surface area contributed by atoms with Crippen molar-refractivity contribution in [1.82, 2.24) is 0 Å². The number of methoxy groups -OCH3 is 1. The molecule has 0 radical (unpaired) electrons. The van der Waals surface area contributed by atoms with Crippen LogP contribution < -0.4 is 0 Å². The Balaban J connectivity index is 4.63. The van der Waals surface area contributed by atoms with Crippen LogP contribution in [-0.4, -0.2) is 38.2 Å². The van der Waals surface area contributed by atoms with Crippen molar-refractivity contribution in [2.24, 2.45) is 5.92 Å². The third kappa shape index (κ3) is 5.83. The highest BCUT2D eigenvalue weighted by molar-refractivity contribution is 5.98. The molecule has 0 amide bonds. The number of carbonyl (C=O) groups is 3. The van der Waals surface area contributed by atoms with E-state index in [2.05, 4.69) is 17.9 Å². The molecule has 0 heterocycles. The first kappa shape index (κ1) is 15.9. The van der Waals surface area contributed by atoms with Gasteiger partial charge in [0.2, 0.25) is 0 Å². The predicted octanol–water partition coefficient (Wildman–Crippen LogP) is 0.624. The molecule has 0 aliphatic heterocycles. The van der Waals surface area contributed by atoms with Crippen molar-refractivity contribution in [2.45, 2.75) is 6.42 Å². The molecule has 0 aromatic heterocycles. The SMILES string of the molecule is C=CCOC(=O)C(CC(=O)OC)C(=O)OCC=C. The fraction of sp³-hybridized carbons (Fsp3) is 0.417. The molecule has 0 saturated heterocycles. The number of carbonyl (C=O) groups excluding carboxylic acids is 3. The second-order valence-electron chi connectivity index (χ2n) is 3.17. The first-order valence-corrected chi connectivity index (χ1v) is 5.18. The van der Waals surface area contributed by atoms with Crippen molar-refractivity contribution in [3.8, 4) is 0 Å². The standard InChI is InChI=1S/C12H16O6/c1-4-6-17-11(14)9(8-10(13)16-3)12(15)18-7-5-2/h4-5,9H,1-2,6-8H2,3H3. The molecule has 100 valence electrons. The monoisotopic (exact) mass is 256 g/mol. The summed E-state index contributed by atoms with van der Waals surface area (Å²) < 4.78 is 13.8. The van der Waals surface area contributed by atoms with E-state index in [4.69, 9.17) is 9.47 Å². The summed E-state index contributed by atoms with van der Waals surface area (Å²) in [5.74, 6) is -3.74. The van der Waals surface area contributed by atoms with Crippen molar-refractivity contribution in [1.29, 1.82) is 0 Å². The summed E-state index contributed by atoms with van der Waals surface area (Å²) in [4.78, 5) is 34.2. The van der Waals surface area contributed by atoms with E-state index >= 15 is 0 Å². The van der Waals surface area contributed by atoms with Gasteiger partial charge in [-0.25, -0.2) is 0 Å². The molecule has 0 bridgehead atoms. The number of ether oxygens (including phenoxy) is 3. The van der Waals surface area contributed by atoms with Gasteiger partial charge in [0.05, 0.1) is 13.5 Å². The lowest BCUT2D eigenvalue weighted by atomic mass is 10.1. The van der Waals surface area contributed by atoms with Gasteiger partial charge in [0.25, 0.3) is 0 Å². The average Bonchev–Trinajstić information content (AvgIpc) is 2.38. The van der Waals surface area contributed by atoms with Crippen LogP contribution >= 0.6 is 0 Å². The van der Waals surface area contributed by atoms with Crippen molar-refractivity contribution in [2.75, 3.05) is 20.3 Å². The maximum atomic E-state index is 11.6. The molecule has 0 atom stereocenters. The van der Waals surface area contributed by atoms with E-state index in [0.717, 1.165) is 7.11 Å². The molecule has 0 aliphatic carbocycles. The summed E-state index contributed by atoms with van der Waals surface area (Å²) in [5, 5.41) is 0. The molecule has 0 spiro atoms. The molecule has 0 rings (SSSR count). The minimum Gasteiger partial charge on any atom is -0.469 e. The quantitative estimate of drug-likeness (QED) is 0.274. The Morgan fingerprint density at radius 3 is 1.83 bits per heavy atom. The van der Waals surface area contributed by atoms with Crippen LogP contribution in [0.5, 0.6) is 0 Å². The van der Waals surface area contributed by atoms with Gasteiger partial charge < -0.3 is 14.2 Å². The topological polar surface area (TPSA) is 78.9 Å². The fourth-order valence-electron chi connectivity index (χ4n) is 0.996. The molecular formula is C12H16O6. The molecule has 0 fully saturated rings. The van der Waals surface area contributed by atoms with Gasteiger partial charge in [-0.1, -0.05) is 25.3 Å². The summed E-state index contributed by atoms with van der Waals surface area (Å²) in [5.41, 5.74) is 0. The van der Waals surface area contributed by atoms with Crippen molar-refractivity contribution in [3.63, 3.8) is 0 Å². The summed E-state index contributed by atoms with van der Waals surface area (Å²) in [7, 11) is 1.16. The average molecular weight is 256 g/mol. The zero-order chi connectivity index (χ0) is 14.0. The maximum absolute atomic E-state index is 11.6. The lowest BCUT2D eigenvalue weighted by Gasteiger charge is -2.13. The van der Waals surface area contributed by atoms with E-state index in [1.54, 1.807) is 0 Å². The Morgan fingerprint density at radius 1 is 1.06 bits per heavy atom. The number of esters is 3. The Bertz CT molecular complexity index is 309. The van der Waals surface area contributed by atoms with Gasteiger partial charge in [-0.2, -0.15) is 0 Å². The van der Waals surface area contributed by atoms with E-state index < -0.39 is 30.2 Å². The highest BCUT2D eigenvalue weighted by Crippen LogP contribution is 2.10. The normalized spacial score (nSPS) is 9.44. The first-order chi connectivity index (χ1) is 8.56. The zero-order valence-corrected chi connectivity index (χ0v) is 10.2. The van der Waals surface area contributed by atoms with Crippen LogP contribution in [0.4, 0.5) is 0 Å². The van der Waals surface area contributed by atoms with Crippen LogP contribution in [0, 0.1) is 5.92 Å². The number of rotatable bonds is 8. The lowest BCUT2D eigenvalue weighted by molar-refractivity contribution is -0.165. The van der Waals surface area contributed by atoms with Crippen LogP contribution in [0.3, 0.4) is 0 Å². The van der Waals surface area contributed by atoms with Gasteiger partial charge in [-0.3, -0.25) is 14.4 Å². The van der Waals surface area contributed by atoms with Crippen molar-refractivity contribution < 1.29 is 28.6 Å². The van der Waals surface area contributed by atoms with E-state index in [1.165, 1.54) is 12.2 Å². The van der Waals surface area contributed by atoms with E-state index in [1.807, 2.05) is 0 Å². The predicted molar refractivity (Wildman–Crippen MR) is 62.4 cm³/mol. The molecule has 0 aromatic carbocycles. The molecule has 6 heteroatoms. The largest absolute Gasteiger partial charge is 0.469 e. The molecular weight excluding hydrogens is 240 g/mol. The third-order valence-electron chi connectivity index (χ3n) is 1.85. The van der Waals surface area contributed by atoms with E-state index in [9.17, 15) is 14.4 Å². The van der Waals surface area contributed by atoms with E-state index in [-0.39, 0.29) is 13.2 Å². The number of hydrogen-bond acceptors (Lipinski definition) is 6. The fourth-order valence-corrected chi connectivity index (χ4v) is 0.996. The van der Waals surface area contributed by atoms with Crippen LogP contribution in [0.2, 0.25) is 0 Å². The van der Waals surface area contributed by atoms with Gasteiger partial charge in [0.1, 0.15) is 13.2 Å². The molecule has 18 heavy (non-hydrogen) atoms. The summed E-state index contributed by atoms with van der Waals surface area (Å²) >= 11 is 0. The second kappa shape index (κ2) is 8.98. The highest BCUT2D eigenvalue weighted by atomic mass is 16.6. The van der Waals surface area contributed by atoms with Crippen molar-refractivity contribution in [3.05, 3.63) is 25.3 Å². The highest BCUT2D eigenvalue weighted by Gasteiger charge is 2.32.